The second-order valence-electron chi connectivity index (χ2n) is 9.94. The Morgan fingerprint density at radius 1 is 1.14 bits per heavy atom. The van der Waals surface area contributed by atoms with Gasteiger partial charge in [-0.25, -0.2) is 4.98 Å². The summed E-state index contributed by atoms with van der Waals surface area (Å²) in [5.41, 5.74) is 5.98. The van der Waals surface area contributed by atoms with E-state index in [0.717, 1.165) is 28.9 Å². The van der Waals surface area contributed by atoms with Gasteiger partial charge in [0.05, 0.1) is 24.6 Å². The number of hydrogen-bond donors (Lipinski definition) is 2. The van der Waals surface area contributed by atoms with E-state index in [0.29, 0.717) is 36.8 Å². The van der Waals surface area contributed by atoms with Crippen molar-refractivity contribution in [2.24, 2.45) is 5.41 Å². The largest absolute Gasteiger partial charge is 0.351 e. The van der Waals surface area contributed by atoms with Crippen LogP contribution in [0.2, 0.25) is 0 Å². The first-order chi connectivity index (χ1) is 17.4. The van der Waals surface area contributed by atoms with Crippen molar-refractivity contribution in [3.8, 4) is 11.3 Å². The van der Waals surface area contributed by atoms with Crippen molar-refractivity contribution in [1.29, 1.82) is 0 Å². The Morgan fingerprint density at radius 3 is 2.53 bits per heavy atom. The average molecular weight is 502 g/mol. The lowest BCUT2D eigenvalue weighted by atomic mass is 9.92. The van der Waals surface area contributed by atoms with Crippen molar-refractivity contribution in [2.45, 2.75) is 32.2 Å². The van der Waals surface area contributed by atoms with E-state index in [1.165, 1.54) is 5.56 Å². The van der Waals surface area contributed by atoms with Crippen LogP contribution >= 0.6 is 9.24 Å². The van der Waals surface area contributed by atoms with Crippen LogP contribution in [0.1, 0.15) is 47.1 Å². The van der Waals surface area contributed by atoms with Gasteiger partial charge in [-0.15, -0.1) is 9.24 Å². The number of carbonyl (C=O) groups excluding carboxylic acids is 1. The van der Waals surface area contributed by atoms with Crippen LogP contribution in [0, 0.1) is 12.3 Å². The third kappa shape index (κ3) is 5.52. The second kappa shape index (κ2) is 10.5. The highest BCUT2D eigenvalue weighted by molar-refractivity contribution is 7.18. The van der Waals surface area contributed by atoms with E-state index >= 15 is 0 Å². The molecule has 2 aliphatic rings. The van der Waals surface area contributed by atoms with Crippen LogP contribution < -0.4 is 5.32 Å². The number of aryl methyl sites for hydroxylation is 1. The summed E-state index contributed by atoms with van der Waals surface area (Å²) in [4.78, 5) is 20.9. The highest BCUT2D eigenvalue weighted by Crippen LogP contribution is 2.35. The molecule has 1 amide bonds. The van der Waals surface area contributed by atoms with Gasteiger partial charge in [0.15, 0.2) is 5.82 Å². The molecule has 1 aromatic heterocycles. The zero-order valence-corrected chi connectivity index (χ0v) is 21.8. The maximum atomic E-state index is 12.5. The van der Waals surface area contributed by atoms with Crippen LogP contribution in [-0.2, 0) is 9.47 Å². The molecule has 0 radical (unpaired) electrons. The molecule has 1 saturated heterocycles. The first-order valence-corrected chi connectivity index (χ1v) is 12.9. The number of amides is 1. The van der Waals surface area contributed by atoms with Crippen LogP contribution in [0.25, 0.3) is 16.8 Å². The molecular weight excluding hydrogens is 469 g/mol. The molecule has 1 fully saturated rings. The predicted molar refractivity (Wildman–Crippen MR) is 146 cm³/mol. The summed E-state index contributed by atoms with van der Waals surface area (Å²) in [5, 5.41) is 3.01. The van der Waals surface area contributed by atoms with Gasteiger partial charge >= 0.3 is 0 Å². The maximum Gasteiger partial charge on any atom is 0.251 e. The van der Waals surface area contributed by atoms with Gasteiger partial charge in [0, 0.05) is 23.1 Å². The Morgan fingerprint density at radius 2 is 1.86 bits per heavy atom. The molecule has 5 rings (SSSR count). The molecule has 2 N–H and O–H groups in total. The third-order valence-electron chi connectivity index (χ3n) is 6.57. The summed E-state index contributed by atoms with van der Waals surface area (Å²) in [6, 6.07) is 17.6. The van der Waals surface area contributed by atoms with Crippen molar-refractivity contribution in [3.63, 3.8) is 0 Å². The average Bonchev–Trinajstić information content (AvgIpc) is 3.34. The zero-order chi connectivity index (χ0) is 25.1. The fourth-order valence-electron chi connectivity index (χ4n) is 4.34. The van der Waals surface area contributed by atoms with Crippen molar-refractivity contribution in [3.05, 3.63) is 95.5 Å². The molecule has 7 heteroatoms. The minimum absolute atomic E-state index is 0.0982. The molecule has 2 aromatic carbocycles. The molecule has 0 saturated carbocycles. The number of hydrogen-bond acceptors (Lipinski definition) is 4. The number of nitrogens with zero attached hydrogens (tertiary/aromatic N) is 1. The molecule has 1 aliphatic carbocycles. The van der Waals surface area contributed by atoms with Crippen molar-refractivity contribution in [1.82, 2.24) is 15.3 Å². The number of rotatable bonds is 6. The van der Waals surface area contributed by atoms with Gasteiger partial charge < -0.3 is 19.8 Å². The quantitative estimate of drug-likeness (QED) is 0.440. The molecule has 2 unspecified atom stereocenters. The monoisotopic (exact) mass is 501 g/mol. The summed E-state index contributed by atoms with van der Waals surface area (Å²) in [6.45, 7) is 5.48. The van der Waals surface area contributed by atoms with E-state index in [2.05, 4.69) is 75.9 Å². The molecule has 36 heavy (non-hydrogen) atoms. The van der Waals surface area contributed by atoms with Crippen molar-refractivity contribution >= 4 is 20.7 Å². The highest BCUT2D eigenvalue weighted by Gasteiger charge is 2.35. The van der Waals surface area contributed by atoms with Crippen LogP contribution in [0.4, 0.5) is 0 Å². The van der Waals surface area contributed by atoms with Gasteiger partial charge in [0.2, 0.25) is 6.29 Å². The first kappa shape index (κ1) is 24.6. The maximum absolute atomic E-state index is 12.5. The van der Waals surface area contributed by atoms with Crippen molar-refractivity contribution in [2.75, 3.05) is 19.8 Å². The van der Waals surface area contributed by atoms with E-state index < -0.39 is 6.29 Å². The summed E-state index contributed by atoms with van der Waals surface area (Å²) in [6.07, 6.45) is 6.94. The fourth-order valence-corrected chi connectivity index (χ4v) is 4.59. The summed E-state index contributed by atoms with van der Waals surface area (Å²) in [5.74, 6) is 0.553. The van der Waals surface area contributed by atoms with Gasteiger partial charge in [-0.2, -0.15) is 0 Å². The first-order valence-electron chi connectivity index (χ1n) is 12.3. The van der Waals surface area contributed by atoms with Crippen molar-refractivity contribution < 1.29 is 14.3 Å². The Labute approximate surface area is 214 Å². The topological polar surface area (TPSA) is 76.2 Å². The molecule has 6 nitrogen and oxygen atoms in total. The number of benzene rings is 2. The lowest BCUT2D eigenvalue weighted by Gasteiger charge is -2.36. The number of carbonyl (C=O) groups is 1. The zero-order valence-electron chi connectivity index (χ0n) is 20.7. The molecule has 1 aliphatic heterocycles. The van der Waals surface area contributed by atoms with E-state index in [4.69, 9.17) is 14.5 Å². The highest BCUT2D eigenvalue weighted by atomic mass is 31.0. The number of imidazole rings is 1. The minimum atomic E-state index is -0.594. The molecule has 0 bridgehead atoms. The number of nitrogens with one attached hydrogen (secondary N) is 2. The van der Waals surface area contributed by atoms with Crippen LogP contribution in [0.5, 0.6) is 0 Å². The van der Waals surface area contributed by atoms with E-state index in [9.17, 15) is 4.79 Å². The summed E-state index contributed by atoms with van der Waals surface area (Å²) < 4.78 is 12.3. The summed E-state index contributed by atoms with van der Waals surface area (Å²) in [7, 11) is 2.85. The Bertz CT molecular complexity index is 1270. The second-order valence-corrected chi connectivity index (χ2v) is 10.8. The number of ether oxygens (including phenoxy) is 2. The Hall–Kier alpha value is -3.05. The normalized spacial score (nSPS) is 23.8. The molecule has 0 spiro atoms. The van der Waals surface area contributed by atoms with E-state index in [1.807, 2.05) is 18.2 Å². The standard InChI is InChI=1S/C29H32N3O3P/c1-19-8-10-20(11-9-19)24-25(21-12-14-23(36)15-13-21)32-26(31-24)28-34-17-29(2,18-35-28)16-30-27(33)22-6-4-3-5-7-22/h3-14,23,28H,15-18,36H2,1-2H3,(H,30,33)(H,31,32). The smallest absolute Gasteiger partial charge is 0.251 e. The van der Waals surface area contributed by atoms with Crippen LogP contribution in [-0.4, -0.2) is 41.3 Å². The van der Waals surface area contributed by atoms with E-state index in [1.54, 1.807) is 12.1 Å². The van der Waals surface area contributed by atoms with Gasteiger partial charge in [-0.1, -0.05) is 73.2 Å². The Kier molecular flexibility index (Phi) is 7.20. The molecule has 186 valence electrons. The van der Waals surface area contributed by atoms with Gasteiger partial charge in [-0.05, 0) is 36.7 Å². The lowest BCUT2D eigenvalue weighted by molar-refractivity contribution is -0.231. The Balaban J connectivity index is 1.31. The molecule has 2 heterocycles. The lowest BCUT2D eigenvalue weighted by Crippen LogP contribution is -2.45. The number of allylic oxidation sites excluding steroid dienone is 4. The number of aromatic amines is 1. The van der Waals surface area contributed by atoms with Crippen LogP contribution in [0.3, 0.4) is 0 Å². The predicted octanol–water partition coefficient (Wildman–Crippen LogP) is 5.45. The van der Waals surface area contributed by atoms with Gasteiger partial charge in [0.25, 0.3) is 5.91 Å². The number of aromatic nitrogens is 2. The van der Waals surface area contributed by atoms with Crippen LogP contribution in [0.15, 0.2) is 72.8 Å². The van der Waals surface area contributed by atoms with E-state index in [-0.39, 0.29) is 11.3 Å². The van der Waals surface area contributed by atoms with Gasteiger partial charge in [-0.3, -0.25) is 4.79 Å². The molecule has 2 atom stereocenters. The molecular formula is C29H32N3O3P. The molecule has 3 aromatic rings. The van der Waals surface area contributed by atoms with Gasteiger partial charge in [0.1, 0.15) is 0 Å². The fraction of sp³-hybridized carbons (Fsp3) is 0.310. The number of H-pyrrole nitrogens is 1. The SMILES string of the molecule is Cc1ccc(-c2nc(C3OCC(C)(CNC(=O)c4ccccc4)CO3)[nH]c2C2=CCC(P)C=C2)cc1. The minimum Gasteiger partial charge on any atom is -0.351 e. The third-order valence-corrected chi connectivity index (χ3v) is 7.06. The summed E-state index contributed by atoms with van der Waals surface area (Å²) >= 11 is 0.